The maximum absolute atomic E-state index is 5.15. The summed E-state index contributed by atoms with van der Waals surface area (Å²) in [6.07, 6.45) is 5.38. The Morgan fingerprint density at radius 1 is 1.28 bits per heavy atom. The van der Waals surface area contributed by atoms with E-state index < -0.39 is 0 Å². The summed E-state index contributed by atoms with van der Waals surface area (Å²) in [5.74, 6) is 1.72. The maximum Gasteiger partial charge on any atom is 0.0462 e. The molecule has 2 aliphatic rings. The van der Waals surface area contributed by atoms with Crippen molar-refractivity contribution in [2.24, 2.45) is 11.8 Å². The summed E-state index contributed by atoms with van der Waals surface area (Å²) in [4.78, 5) is 2.76. The van der Waals surface area contributed by atoms with Gasteiger partial charge in [-0.2, -0.15) is 0 Å². The van der Waals surface area contributed by atoms with E-state index >= 15 is 0 Å². The molecular weight excluding hydrogens is 224 g/mol. The lowest BCUT2D eigenvalue weighted by atomic mass is 9.97. The van der Waals surface area contributed by atoms with Crippen molar-refractivity contribution in [1.29, 1.82) is 0 Å². The van der Waals surface area contributed by atoms with Crippen LogP contribution in [0, 0.1) is 11.8 Å². The molecule has 2 atom stereocenters. The van der Waals surface area contributed by atoms with Gasteiger partial charge in [-0.1, -0.05) is 13.8 Å². The molecule has 3 heteroatoms. The van der Waals surface area contributed by atoms with Gasteiger partial charge in [0.1, 0.15) is 0 Å². The van der Waals surface area contributed by atoms with Gasteiger partial charge in [0.2, 0.25) is 0 Å². The van der Waals surface area contributed by atoms with Gasteiger partial charge in [0, 0.05) is 38.9 Å². The Hall–Kier alpha value is -0.120. The fourth-order valence-corrected chi connectivity index (χ4v) is 3.06. The molecule has 0 aromatic rings. The first-order valence-corrected chi connectivity index (χ1v) is 7.68. The Morgan fingerprint density at radius 3 is 2.67 bits per heavy atom. The fraction of sp³-hybridized carbons (Fsp3) is 1.00. The van der Waals surface area contributed by atoms with Crippen molar-refractivity contribution >= 4 is 0 Å². The molecule has 1 aliphatic carbocycles. The van der Waals surface area contributed by atoms with Crippen LogP contribution in [0.5, 0.6) is 0 Å². The van der Waals surface area contributed by atoms with Gasteiger partial charge in [0.15, 0.2) is 0 Å². The molecule has 0 bridgehead atoms. The highest BCUT2D eigenvalue weighted by molar-refractivity contribution is 4.95. The van der Waals surface area contributed by atoms with Crippen molar-refractivity contribution in [1.82, 2.24) is 10.2 Å². The number of ether oxygens (including phenoxy) is 1. The van der Waals surface area contributed by atoms with Gasteiger partial charge in [-0.05, 0) is 44.1 Å². The molecule has 1 aliphatic heterocycles. The highest BCUT2D eigenvalue weighted by atomic mass is 16.5. The summed E-state index contributed by atoms with van der Waals surface area (Å²) >= 11 is 0. The number of unbranched alkanes of at least 4 members (excludes halogenated alkanes) is 1. The molecule has 106 valence electrons. The standard InChI is InChI=1S/C15H30N2O/c1-12(2)14-11-17(8-4-5-9-18-3)15(10-16-14)13-6-7-13/h12-16H,4-11H2,1-3H3. The van der Waals surface area contributed by atoms with Crippen molar-refractivity contribution in [3.05, 3.63) is 0 Å². The molecule has 0 amide bonds. The lowest BCUT2D eigenvalue weighted by Crippen LogP contribution is -2.58. The fourth-order valence-electron chi connectivity index (χ4n) is 3.06. The molecule has 1 heterocycles. The van der Waals surface area contributed by atoms with Crippen molar-refractivity contribution in [2.75, 3.05) is 33.4 Å². The molecule has 2 fully saturated rings. The number of methoxy groups -OCH3 is 1. The topological polar surface area (TPSA) is 24.5 Å². The number of rotatable bonds is 7. The van der Waals surface area contributed by atoms with Crippen molar-refractivity contribution in [3.8, 4) is 0 Å². The molecule has 2 unspecified atom stereocenters. The van der Waals surface area contributed by atoms with E-state index in [9.17, 15) is 0 Å². The van der Waals surface area contributed by atoms with Gasteiger partial charge >= 0.3 is 0 Å². The monoisotopic (exact) mass is 254 g/mol. The summed E-state index contributed by atoms with van der Waals surface area (Å²) in [5, 5.41) is 3.76. The third kappa shape index (κ3) is 3.94. The number of piperazine rings is 1. The van der Waals surface area contributed by atoms with E-state index in [1.165, 1.54) is 45.3 Å². The molecule has 0 aromatic heterocycles. The normalized spacial score (nSPS) is 30.0. The zero-order valence-electron chi connectivity index (χ0n) is 12.3. The second-order valence-electron chi connectivity index (χ2n) is 6.36. The van der Waals surface area contributed by atoms with Crippen molar-refractivity contribution in [2.45, 2.75) is 51.6 Å². The Bertz CT molecular complexity index is 241. The van der Waals surface area contributed by atoms with E-state index in [2.05, 4.69) is 24.1 Å². The van der Waals surface area contributed by atoms with Gasteiger partial charge in [0.25, 0.3) is 0 Å². The molecule has 0 radical (unpaired) electrons. The number of nitrogens with one attached hydrogen (secondary N) is 1. The molecule has 1 saturated heterocycles. The number of hydrogen-bond acceptors (Lipinski definition) is 3. The van der Waals surface area contributed by atoms with Gasteiger partial charge in [0.05, 0.1) is 0 Å². The van der Waals surface area contributed by atoms with E-state index in [1.807, 2.05) is 0 Å². The average Bonchev–Trinajstić information content (AvgIpc) is 3.18. The molecule has 0 spiro atoms. The zero-order valence-corrected chi connectivity index (χ0v) is 12.3. The third-order valence-corrected chi connectivity index (χ3v) is 4.50. The number of nitrogens with zero attached hydrogens (tertiary/aromatic N) is 1. The Labute approximate surface area is 112 Å². The minimum atomic E-state index is 0.683. The summed E-state index contributed by atoms with van der Waals surface area (Å²) in [7, 11) is 1.80. The minimum Gasteiger partial charge on any atom is -0.385 e. The smallest absolute Gasteiger partial charge is 0.0462 e. The molecular formula is C15H30N2O. The van der Waals surface area contributed by atoms with E-state index in [4.69, 9.17) is 4.74 Å². The average molecular weight is 254 g/mol. The van der Waals surface area contributed by atoms with Crippen LogP contribution in [-0.4, -0.2) is 50.3 Å². The summed E-state index contributed by atoms with van der Waals surface area (Å²) < 4.78 is 5.15. The van der Waals surface area contributed by atoms with Gasteiger partial charge in [-0.15, -0.1) is 0 Å². The SMILES string of the molecule is COCCCCN1CC(C(C)C)NCC1C1CC1. The Kier molecular flexibility index (Phi) is 5.46. The van der Waals surface area contributed by atoms with Crippen LogP contribution in [0.15, 0.2) is 0 Å². The molecule has 0 aromatic carbocycles. The molecule has 3 nitrogen and oxygen atoms in total. The Morgan fingerprint density at radius 2 is 2.06 bits per heavy atom. The van der Waals surface area contributed by atoms with Gasteiger partial charge < -0.3 is 10.1 Å². The summed E-state index contributed by atoms with van der Waals surface area (Å²) in [5.41, 5.74) is 0. The first kappa shape index (κ1) is 14.3. The second kappa shape index (κ2) is 6.88. The van der Waals surface area contributed by atoms with Gasteiger partial charge in [-0.25, -0.2) is 0 Å². The highest BCUT2D eigenvalue weighted by Gasteiger charge is 2.38. The van der Waals surface area contributed by atoms with Crippen LogP contribution in [0.3, 0.4) is 0 Å². The quantitative estimate of drug-likeness (QED) is 0.704. The third-order valence-electron chi connectivity index (χ3n) is 4.50. The van der Waals surface area contributed by atoms with E-state index in [-0.39, 0.29) is 0 Å². The zero-order chi connectivity index (χ0) is 13.0. The largest absolute Gasteiger partial charge is 0.385 e. The van der Waals surface area contributed by atoms with E-state index in [1.54, 1.807) is 7.11 Å². The molecule has 18 heavy (non-hydrogen) atoms. The Balaban J connectivity index is 1.80. The molecule has 2 rings (SSSR count). The maximum atomic E-state index is 5.15. The lowest BCUT2D eigenvalue weighted by Gasteiger charge is -2.42. The van der Waals surface area contributed by atoms with Crippen molar-refractivity contribution in [3.63, 3.8) is 0 Å². The van der Waals surface area contributed by atoms with E-state index in [0.29, 0.717) is 6.04 Å². The van der Waals surface area contributed by atoms with Crippen LogP contribution in [0.2, 0.25) is 0 Å². The minimum absolute atomic E-state index is 0.683. The van der Waals surface area contributed by atoms with Gasteiger partial charge in [-0.3, -0.25) is 4.90 Å². The summed E-state index contributed by atoms with van der Waals surface area (Å²) in [6, 6.07) is 1.49. The van der Waals surface area contributed by atoms with Crippen molar-refractivity contribution < 1.29 is 4.74 Å². The first-order valence-electron chi connectivity index (χ1n) is 7.68. The van der Waals surface area contributed by atoms with Crippen LogP contribution in [0.25, 0.3) is 0 Å². The summed E-state index contributed by atoms with van der Waals surface area (Å²) in [6.45, 7) is 9.28. The predicted octanol–water partition coefficient (Wildman–Crippen LogP) is 2.12. The number of hydrogen-bond donors (Lipinski definition) is 1. The molecule has 1 N–H and O–H groups in total. The van der Waals surface area contributed by atoms with Crippen LogP contribution in [0.1, 0.15) is 39.5 Å². The lowest BCUT2D eigenvalue weighted by molar-refractivity contribution is 0.0941. The second-order valence-corrected chi connectivity index (χ2v) is 6.36. The van der Waals surface area contributed by atoms with E-state index in [0.717, 1.165) is 24.5 Å². The van der Waals surface area contributed by atoms with Crippen LogP contribution in [-0.2, 0) is 4.74 Å². The molecule has 1 saturated carbocycles. The van der Waals surface area contributed by atoms with Crippen LogP contribution >= 0.6 is 0 Å². The first-order chi connectivity index (χ1) is 8.72. The predicted molar refractivity (Wildman–Crippen MR) is 75.8 cm³/mol. The van der Waals surface area contributed by atoms with Crippen LogP contribution < -0.4 is 5.32 Å². The highest BCUT2D eigenvalue weighted by Crippen LogP contribution is 2.36. The van der Waals surface area contributed by atoms with Crippen LogP contribution in [0.4, 0.5) is 0 Å².